The van der Waals surface area contributed by atoms with Crippen molar-refractivity contribution in [3.8, 4) is 5.75 Å². The molecular formula is C16H12F6O. The van der Waals surface area contributed by atoms with Crippen molar-refractivity contribution >= 4 is 0 Å². The van der Waals surface area contributed by atoms with Gasteiger partial charge >= 0.3 is 12.3 Å². The van der Waals surface area contributed by atoms with E-state index in [9.17, 15) is 26.3 Å². The van der Waals surface area contributed by atoms with Crippen molar-refractivity contribution in [2.75, 3.05) is 0 Å². The maximum Gasteiger partial charge on any atom is 0.426 e. The molecule has 0 aliphatic carbocycles. The van der Waals surface area contributed by atoms with Gasteiger partial charge in [0.15, 0.2) is 0 Å². The molecule has 0 amide bonds. The van der Waals surface area contributed by atoms with Gasteiger partial charge in [0, 0.05) is 6.07 Å². The summed E-state index contributed by atoms with van der Waals surface area (Å²) in [5, 5.41) is 0. The monoisotopic (exact) mass is 334 g/mol. The zero-order chi connectivity index (χ0) is 17.3. The zero-order valence-electron chi connectivity index (χ0n) is 11.9. The van der Waals surface area contributed by atoms with Crippen LogP contribution in [0.1, 0.15) is 23.6 Å². The Bertz CT molecular complexity index is 676. The largest absolute Gasteiger partial charge is 0.429 e. The van der Waals surface area contributed by atoms with Crippen molar-refractivity contribution in [1.29, 1.82) is 0 Å². The topological polar surface area (TPSA) is 9.23 Å². The Balaban J connectivity index is 2.24. The molecule has 0 spiro atoms. The second-order valence-electron chi connectivity index (χ2n) is 4.81. The van der Waals surface area contributed by atoms with Gasteiger partial charge in [-0.25, -0.2) is 4.39 Å². The predicted octanol–water partition coefficient (Wildman–Crippen LogP) is 5.54. The molecule has 0 radical (unpaired) electrons. The number of aryl methyl sites for hydroxylation is 1. The summed E-state index contributed by atoms with van der Waals surface area (Å²) < 4.78 is 83.0. The minimum Gasteiger partial charge on any atom is -0.429 e. The maximum absolute atomic E-state index is 14.0. The number of ether oxygens (including phenoxy) is 1. The lowest BCUT2D eigenvalue weighted by Gasteiger charge is -2.19. The molecule has 0 heterocycles. The van der Waals surface area contributed by atoms with E-state index < -0.39 is 35.0 Å². The SMILES string of the molecule is CCc1ccc(C(F)(F)Oc2ccc(C(F)(F)F)c(F)c2)cc1. The Morgan fingerprint density at radius 1 is 0.913 bits per heavy atom. The first-order chi connectivity index (χ1) is 10.6. The highest BCUT2D eigenvalue weighted by atomic mass is 19.4. The standard InChI is InChI=1S/C16H12F6O/c1-2-10-3-5-11(6-4-10)16(21,22)23-12-7-8-13(14(17)9-12)15(18,19)20/h3-9H,2H2,1H3. The molecule has 0 atom stereocenters. The fraction of sp³-hybridized carbons (Fsp3) is 0.250. The normalized spacial score (nSPS) is 12.3. The number of hydrogen-bond acceptors (Lipinski definition) is 1. The number of alkyl halides is 5. The highest BCUT2D eigenvalue weighted by Crippen LogP contribution is 2.36. The van der Waals surface area contributed by atoms with Crippen LogP contribution < -0.4 is 4.74 Å². The Hall–Kier alpha value is -2.18. The van der Waals surface area contributed by atoms with Gasteiger partial charge in [-0.1, -0.05) is 19.1 Å². The minimum absolute atomic E-state index is 0.289. The Morgan fingerprint density at radius 3 is 2.00 bits per heavy atom. The average molecular weight is 334 g/mol. The van der Waals surface area contributed by atoms with Crippen LogP contribution in [0.25, 0.3) is 0 Å². The summed E-state index contributed by atoms with van der Waals surface area (Å²) >= 11 is 0. The molecule has 1 nitrogen and oxygen atoms in total. The van der Waals surface area contributed by atoms with Crippen molar-refractivity contribution in [1.82, 2.24) is 0 Å². The Labute approximate surface area is 128 Å². The molecule has 0 aliphatic heterocycles. The van der Waals surface area contributed by atoms with Crippen LogP contribution in [0.4, 0.5) is 26.3 Å². The summed E-state index contributed by atoms with van der Waals surface area (Å²) in [6.45, 7) is 1.86. The molecule has 0 unspecified atom stereocenters. The second kappa shape index (κ2) is 6.14. The van der Waals surface area contributed by atoms with Crippen LogP contribution in [0.5, 0.6) is 5.75 Å². The van der Waals surface area contributed by atoms with E-state index in [2.05, 4.69) is 4.74 Å². The summed E-state index contributed by atoms with van der Waals surface area (Å²) in [6.07, 6.45) is -8.03. The molecular weight excluding hydrogens is 322 g/mol. The van der Waals surface area contributed by atoms with E-state index in [0.29, 0.717) is 18.6 Å². The summed E-state index contributed by atoms with van der Waals surface area (Å²) in [6, 6.07) is 6.58. The third-order valence-corrected chi connectivity index (χ3v) is 3.19. The van der Waals surface area contributed by atoms with Crippen LogP contribution in [-0.4, -0.2) is 0 Å². The summed E-state index contributed by atoms with van der Waals surface area (Å²) in [5.41, 5.74) is -1.18. The van der Waals surface area contributed by atoms with E-state index in [4.69, 9.17) is 0 Å². The first kappa shape index (κ1) is 17.2. The van der Waals surface area contributed by atoms with Crippen molar-refractivity contribution < 1.29 is 31.1 Å². The van der Waals surface area contributed by atoms with Crippen LogP contribution >= 0.6 is 0 Å². The average Bonchev–Trinajstić information content (AvgIpc) is 2.45. The lowest BCUT2D eigenvalue weighted by atomic mass is 10.1. The summed E-state index contributed by atoms with van der Waals surface area (Å²) in [4.78, 5) is 0. The number of hydrogen-bond donors (Lipinski definition) is 0. The van der Waals surface area contributed by atoms with Crippen molar-refractivity contribution in [3.63, 3.8) is 0 Å². The van der Waals surface area contributed by atoms with Gasteiger partial charge in [0.05, 0.1) is 11.1 Å². The van der Waals surface area contributed by atoms with Crippen molar-refractivity contribution in [2.24, 2.45) is 0 Å². The third-order valence-electron chi connectivity index (χ3n) is 3.19. The van der Waals surface area contributed by atoms with E-state index >= 15 is 0 Å². The molecule has 124 valence electrons. The molecule has 7 heteroatoms. The Morgan fingerprint density at radius 2 is 1.52 bits per heavy atom. The zero-order valence-corrected chi connectivity index (χ0v) is 11.9. The van der Waals surface area contributed by atoms with Crippen molar-refractivity contribution in [2.45, 2.75) is 25.6 Å². The Kier molecular flexibility index (Phi) is 4.58. The first-order valence-electron chi connectivity index (χ1n) is 6.66. The van der Waals surface area contributed by atoms with Gasteiger partial charge in [0.25, 0.3) is 0 Å². The molecule has 0 bridgehead atoms. The number of halogens is 6. The van der Waals surface area contributed by atoms with E-state index in [-0.39, 0.29) is 6.07 Å². The van der Waals surface area contributed by atoms with E-state index in [1.807, 2.05) is 6.92 Å². The first-order valence-corrected chi connectivity index (χ1v) is 6.66. The quantitative estimate of drug-likeness (QED) is 0.668. The number of rotatable bonds is 4. The predicted molar refractivity (Wildman–Crippen MR) is 71.7 cm³/mol. The van der Waals surface area contributed by atoms with Crippen LogP contribution in [0.15, 0.2) is 42.5 Å². The molecule has 2 aromatic rings. The highest BCUT2D eigenvalue weighted by molar-refractivity contribution is 5.32. The van der Waals surface area contributed by atoms with Crippen LogP contribution in [0.3, 0.4) is 0 Å². The van der Waals surface area contributed by atoms with Gasteiger partial charge in [0.2, 0.25) is 0 Å². The van der Waals surface area contributed by atoms with E-state index in [0.717, 1.165) is 17.7 Å². The van der Waals surface area contributed by atoms with Crippen LogP contribution in [-0.2, 0) is 18.7 Å². The number of benzene rings is 2. The smallest absolute Gasteiger partial charge is 0.426 e. The fourth-order valence-electron chi connectivity index (χ4n) is 1.93. The molecule has 0 saturated carbocycles. The van der Waals surface area contributed by atoms with Gasteiger partial charge in [0.1, 0.15) is 11.6 Å². The lowest BCUT2D eigenvalue weighted by Crippen LogP contribution is -2.22. The van der Waals surface area contributed by atoms with Gasteiger partial charge in [-0.15, -0.1) is 0 Å². The van der Waals surface area contributed by atoms with Gasteiger partial charge in [-0.2, -0.15) is 22.0 Å². The van der Waals surface area contributed by atoms with Gasteiger partial charge in [-0.05, 0) is 36.2 Å². The molecule has 0 aromatic heterocycles. The molecule has 0 saturated heterocycles. The van der Waals surface area contributed by atoms with Gasteiger partial charge < -0.3 is 4.74 Å². The van der Waals surface area contributed by atoms with E-state index in [1.54, 1.807) is 0 Å². The third kappa shape index (κ3) is 3.97. The molecule has 23 heavy (non-hydrogen) atoms. The second-order valence-corrected chi connectivity index (χ2v) is 4.81. The molecule has 0 N–H and O–H groups in total. The van der Waals surface area contributed by atoms with Crippen LogP contribution in [0, 0.1) is 5.82 Å². The van der Waals surface area contributed by atoms with Crippen molar-refractivity contribution in [3.05, 3.63) is 65.0 Å². The minimum atomic E-state index is -4.90. The molecule has 0 aliphatic rings. The maximum atomic E-state index is 14.0. The van der Waals surface area contributed by atoms with Crippen LogP contribution in [0.2, 0.25) is 0 Å². The summed E-state index contributed by atoms with van der Waals surface area (Å²) in [5.74, 6) is -2.37. The van der Waals surface area contributed by atoms with E-state index in [1.165, 1.54) is 12.1 Å². The lowest BCUT2D eigenvalue weighted by molar-refractivity contribution is -0.185. The molecule has 2 rings (SSSR count). The molecule has 0 fully saturated rings. The van der Waals surface area contributed by atoms with Gasteiger partial charge in [-0.3, -0.25) is 0 Å². The summed E-state index contributed by atoms with van der Waals surface area (Å²) in [7, 11) is 0. The fourth-order valence-corrected chi connectivity index (χ4v) is 1.93. The highest BCUT2D eigenvalue weighted by Gasteiger charge is 2.37. The molecule has 2 aromatic carbocycles.